The van der Waals surface area contributed by atoms with Gasteiger partial charge in [-0.2, -0.15) is 13.2 Å². The van der Waals surface area contributed by atoms with Crippen molar-refractivity contribution in [3.8, 4) is 0 Å². The number of piperidine rings is 1. The second kappa shape index (κ2) is 8.12. The third-order valence-corrected chi connectivity index (χ3v) is 5.11. The highest BCUT2D eigenvalue weighted by molar-refractivity contribution is 7.09. The molecule has 27 heavy (non-hydrogen) atoms. The molecule has 0 aliphatic carbocycles. The van der Waals surface area contributed by atoms with Crippen LogP contribution in [0.5, 0.6) is 0 Å². The number of hydrogen-bond donors (Lipinski definition) is 1. The smallest absolute Gasteiger partial charge is 0.370 e. The first kappa shape index (κ1) is 19.4. The number of hydrogen-bond acceptors (Lipinski definition) is 4. The number of alkyl halides is 3. The summed E-state index contributed by atoms with van der Waals surface area (Å²) in [6.07, 6.45) is 1.44. The number of aromatic nitrogens is 1. The molecule has 1 saturated heterocycles. The Bertz CT molecular complexity index is 839. The van der Waals surface area contributed by atoms with Gasteiger partial charge in [-0.05, 0) is 50.5 Å². The van der Waals surface area contributed by atoms with Crippen LogP contribution < -0.4 is 10.2 Å². The van der Waals surface area contributed by atoms with E-state index in [-0.39, 0.29) is 5.69 Å². The number of thiazole rings is 1. The summed E-state index contributed by atoms with van der Waals surface area (Å²) in [5.41, 5.74) is 0.662. The Morgan fingerprint density at radius 3 is 2.63 bits per heavy atom. The summed E-state index contributed by atoms with van der Waals surface area (Å²) in [5.74, 6) is -0.488. The highest BCUT2D eigenvalue weighted by Gasteiger charge is 2.31. The molecule has 2 heterocycles. The van der Waals surface area contributed by atoms with E-state index in [0.717, 1.165) is 49.5 Å². The lowest BCUT2D eigenvalue weighted by Crippen LogP contribution is -2.30. The minimum atomic E-state index is -4.46. The fourth-order valence-electron chi connectivity index (χ4n) is 3.02. The third-order valence-electron chi connectivity index (χ3n) is 4.32. The quantitative estimate of drug-likeness (QED) is 0.732. The number of benzene rings is 1. The predicted octanol–water partition coefficient (Wildman–Crippen LogP) is 5.11. The lowest BCUT2D eigenvalue weighted by Gasteiger charge is -2.31. The van der Waals surface area contributed by atoms with Crippen LogP contribution in [0.3, 0.4) is 0 Å². The lowest BCUT2D eigenvalue weighted by atomic mass is 10.1. The van der Waals surface area contributed by atoms with Gasteiger partial charge in [0.2, 0.25) is 5.91 Å². The average molecular weight is 395 g/mol. The van der Waals surface area contributed by atoms with Gasteiger partial charge in [0.25, 0.3) is 0 Å². The van der Waals surface area contributed by atoms with Crippen LogP contribution in [0, 0.1) is 6.92 Å². The summed E-state index contributed by atoms with van der Waals surface area (Å²) in [6, 6.07) is 3.51. The zero-order valence-corrected chi connectivity index (χ0v) is 15.7. The fourth-order valence-corrected chi connectivity index (χ4v) is 3.60. The Morgan fingerprint density at radius 1 is 1.26 bits per heavy atom. The van der Waals surface area contributed by atoms with Gasteiger partial charge in [-0.15, -0.1) is 11.3 Å². The molecule has 1 aliphatic heterocycles. The Kier molecular flexibility index (Phi) is 5.84. The first-order chi connectivity index (χ1) is 12.8. The van der Waals surface area contributed by atoms with Crippen LogP contribution in [0.2, 0.25) is 0 Å². The minimum Gasteiger partial charge on any atom is -0.370 e. The van der Waals surface area contributed by atoms with Gasteiger partial charge in [0.1, 0.15) is 0 Å². The Morgan fingerprint density at radius 2 is 2.00 bits per heavy atom. The molecular weight excluding hydrogens is 375 g/mol. The van der Waals surface area contributed by atoms with Gasteiger partial charge in [0.05, 0.1) is 27.6 Å². The van der Waals surface area contributed by atoms with Crippen molar-refractivity contribution in [2.75, 3.05) is 23.3 Å². The molecule has 3 rings (SSSR count). The zero-order valence-electron chi connectivity index (χ0n) is 14.8. The first-order valence-electron chi connectivity index (χ1n) is 8.70. The summed E-state index contributed by atoms with van der Waals surface area (Å²) in [5, 5.41) is 5.29. The van der Waals surface area contributed by atoms with E-state index in [9.17, 15) is 18.0 Å². The van der Waals surface area contributed by atoms with E-state index in [4.69, 9.17) is 0 Å². The molecule has 144 valence electrons. The summed E-state index contributed by atoms with van der Waals surface area (Å²) in [6.45, 7) is 3.39. The van der Waals surface area contributed by atoms with Crippen molar-refractivity contribution >= 4 is 34.7 Å². The molecule has 8 heteroatoms. The van der Waals surface area contributed by atoms with Gasteiger partial charge in [-0.25, -0.2) is 4.98 Å². The number of rotatable bonds is 4. The fraction of sp³-hybridized carbons (Fsp3) is 0.368. The maximum atomic E-state index is 13.1. The van der Waals surface area contributed by atoms with Crippen molar-refractivity contribution in [2.45, 2.75) is 32.4 Å². The van der Waals surface area contributed by atoms with Gasteiger partial charge in [0, 0.05) is 24.5 Å². The van der Waals surface area contributed by atoms with E-state index in [1.54, 1.807) is 6.08 Å². The van der Waals surface area contributed by atoms with Gasteiger partial charge in [-0.1, -0.05) is 0 Å². The van der Waals surface area contributed by atoms with Crippen molar-refractivity contribution in [1.29, 1.82) is 0 Å². The zero-order chi connectivity index (χ0) is 19.4. The average Bonchev–Trinajstić information content (AvgIpc) is 3.05. The largest absolute Gasteiger partial charge is 0.416 e. The molecule has 0 spiro atoms. The van der Waals surface area contributed by atoms with Crippen LogP contribution in [0.25, 0.3) is 6.08 Å². The van der Waals surface area contributed by atoms with Gasteiger partial charge < -0.3 is 10.2 Å². The molecule has 0 atom stereocenters. The molecule has 1 aromatic heterocycles. The van der Waals surface area contributed by atoms with E-state index in [0.29, 0.717) is 11.4 Å². The number of anilines is 2. The standard InChI is InChI=1S/C19H20F3N3OS/c1-13-23-15(12-27-13)6-8-18(26)24-16-11-14(19(20,21)22)5-7-17(16)25-9-3-2-4-10-25/h5-8,11-12H,2-4,9-10H2,1H3,(H,24,26). The van der Waals surface area contributed by atoms with E-state index in [1.165, 1.54) is 23.5 Å². The van der Waals surface area contributed by atoms with Crippen molar-refractivity contribution in [1.82, 2.24) is 4.98 Å². The second-order valence-corrected chi connectivity index (χ2v) is 7.45. The number of carbonyl (C=O) groups excluding carboxylic acids is 1. The maximum absolute atomic E-state index is 13.1. The van der Waals surface area contributed by atoms with E-state index >= 15 is 0 Å². The van der Waals surface area contributed by atoms with Crippen molar-refractivity contribution in [3.63, 3.8) is 0 Å². The molecule has 0 unspecified atom stereocenters. The van der Waals surface area contributed by atoms with E-state index in [1.807, 2.05) is 17.2 Å². The van der Waals surface area contributed by atoms with Crippen LogP contribution >= 0.6 is 11.3 Å². The van der Waals surface area contributed by atoms with Crippen LogP contribution in [0.4, 0.5) is 24.5 Å². The number of nitrogens with one attached hydrogen (secondary N) is 1. The van der Waals surface area contributed by atoms with Crippen molar-refractivity contribution in [3.05, 3.63) is 45.9 Å². The number of amides is 1. The number of halogens is 3. The Balaban J connectivity index is 1.83. The normalized spacial score (nSPS) is 15.3. The molecule has 0 radical (unpaired) electrons. The number of aryl methyl sites for hydroxylation is 1. The monoisotopic (exact) mass is 395 g/mol. The molecule has 4 nitrogen and oxygen atoms in total. The highest BCUT2D eigenvalue weighted by atomic mass is 32.1. The maximum Gasteiger partial charge on any atom is 0.416 e. The van der Waals surface area contributed by atoms with Crippen LogP contribution in [0.1, 0.15) is 35.5 Å². The summed E-state index contributed by atoms with van der Waals surface area (Å²) >= 11 is 1.46. The molecule has 1 amide bonds. The van der Waals surface area contributed by atoms with Gasteiger partial charge >= 0.3 is 6.18 Å². The SMILES string of the molecule is Cc1nc(C=CC(=O)Nc2cc(C(F)(F)F)ccc2N2CCCCC2)cs1. The number of nitrogens with zero attached hydrogens (tertiary/aromatic N) is 2. The predicted molar refractivity (Wildman–Crippen MR) is 102 cm³/mol. The van der Waals surface area contributed by atoms with E-state index in [2.05, 4.69) is 10.3 Å². The Hall–Kier alpha value is -2.35. The van der Waals surface area contributed by atoms with E-state index < -0.39 is 17.6 Å². The Labute approximate surface area is 159 Å². The summed E-state index contributed by atoms with van der Waals surface area (Å²) in [7, 11) is 0. The topological polar surface area (TPSA) is 45.2 Å². The molecule has 2 aromatic rings. The summed E-state index contributed by atoms with van der Waals surface area (Å²) in [4.78, 5) is 18.5. The van der Waals surface area contributed by atoms with Crippen molar-refractivity contribution in [2.24, 2.45) is 0 Å². The van der Waals surface area contributed by atoms with Crippen LogP contribution in [-0.4, -0.2) is 24.0 Å². The minimum absolute atomic E-state index is 0.177. The van der Waals surface area contributed by atoms with Gasteiger partial charge in [-0.3, -0.25) is 4.79 Å². The molecule has 0 saturated carbocycles. The van der Waals surface area contributed by atoms with Crippen LogP contribution in [-0.2, 0) is 11.0 Å². The van der Waals surface area contributed by atoms with Gasteiger partial charge in [0.15, 0.2) is 0 Å². The third kappa shape index (κ3) is 5.09. The molecule has 1 fully saturated rings. The molecule has 1 aromatic carbocycles. The molecular formula is C19H20F3N3OS. The lowest BCUT2D eigenvalue weighted by molar-refractivity contribution is -0.137. The number of carbonyl (C=O) groups is 1. The molecule has 1 aliphatic rings. The summed E-state index contributed by atoms with van der Waals surface area (Å²) < 4.78 is 39.3. The molecule has 0 bridgehead atoms. The highest BCUT2D eigenvalue weighted by Crippen LogP contribution is 2.36. The van der Waals surface area contributed by atoms with Crippen molar-refractivity contribution < 1.29 is 18.0 Å². The second-order valence-electron chi connectivity index (χ2n) is 6.39. The molecule has 1 N–H and O–H groups in total. The first-order valence-corrected chi connectivity index (χ1v) is 9.58. The van der Waals surface area contributed by atoms with Crippen LogP contribution in [0.15, 0.2) is 29.7 Å².